The minimum absolute atomic E-state index is 0.0484. The Hall–Kier alpha value is -3.95. The molecule has 23 heteroatoms. The van der Waals surface area contributed by atoms with Crippen LogP contribution in [-0.2, 0) is 51.1 Å². The number of hydrogen-bond acceptors (Lipinski definition) is 18. The number of nitrogens with zero attached hydrogens (tertiary/aromatic N) is 2. The summed E-state index contributed by atoms with van der Waals surface area (Å²) in [5.74, 6) is -5.25. The van der Waals surface area contributed by atoms with Crippen molar-refractivity contribution in [3.8, 4) is 0 Å². The average Bonchev–Trinajstić information content (AvgIpc) is 3.35. The van der Waals surface area contributed by atoms with Crippen LogP contribution in [0.5, 0.6) is 0 Å². The van der Waals surface area contributed by atoms with Crippen LogP contribution in [0.25, 0.3) is 0 Å². The number of nitrogens with two attached hydrogens (primary N) is 1. The summed E-state index contributed by atoms with van der Waals surface area (Å²) >= 11 is 0. The lowest BCUT2D eigenvalue weighted by Gasteiger charge is -2.39. The quantitative estimate of drug-likeness (QED) is 0.0226. The third-order valence-electron chi connectivity index (χ3n) is 12.4. The smallest absolute Gasteiger partial charge is 0.462 e. The molecule has 424 valence electrons. The molecule has 3 heterocycles. The Bertz CT molecular complexity index is 2170. The second-order valence-corrected chi connectivity index (χ2v) is 21.8. The van der Waals surface area contributed by atoms with Gasteiger partial charge in [-0.2, -0.15) is 9.29 Å². The van der Waals surface area contributed by atoms with Crippen molar-refractivity contribution < 1.29 is 81.3 Å². The standard InChI is InChI=1S/C52H83N3O18P2/c1-3-5-7-8-9-10-11-12-13-14-15-16-17-18-19-20-25-29-47(59)68-36-40-37-69-74(64,65)73-75(66,67)70-38-45-50(62)49(61)41(32-31-39(56)27-23-6-4-2)43(57)35-44(58)42(28-24-21-22-26-30-48(60)71-40)51(72-45)55-34-33-46(53)54-52(55)63/h9-10,12-13,15-16,21,24,31-34,39-42,44-45,49-51,56,58,61-62H,3-8,11,14,17-20,22-23,25-30,35-38H2,1-2H3,(H,64,65)(H,66,67)(H2,53,54,63)/b10-9-,13-12-,16-15-,24-21?,32-31?/t39-,40+,41-,42-,44-,45+,49-,50+,51+/m0/s1. The molecule has 1 aromatic heterocycles. The van der Waals surface area contributed by atoms with Crippen LogP contribution < -0.4 is 11.4 Å². The summed E-state index contributed by atoms with van der Waals surface area (Å²) in [5.41, 5.74) is 4.74. The average molecular weight is 1100 g/mol. The number of hydrogen-bond donors (Lipinski definition) is 7. The highest BCUT2D eigenvalue weighted by Gasteiger charge is 2.45. The van der Waals surface area contributed by atoms with E-state index in [9.17, 15) is 58.5 Å². The molecular formula is C52H83N3O18P2. The minimum atomic E-state index is -5.73. The molecule has 1 saturated heterocycles. The molecule has 2 aliphatic rings. The van der Waals surface area contributed by atoms with Gasteiger partial charge in [0.15, 0.2) is 6.10 Å². The number of aliphatic hydroxyl groups is 4. The fourth-order valence-corrected chi connectivity index (χ4v) is 10.3. The van der Waals surface area contributed by atoms with Crippen molar-refractivity contribution in [2.45, 2.75) is 192 Å². The van der Waals surface area contributed by atoms with Crippen molar-refractivity contribution in [2.75, 3.05) is 25.6 Å². The zero-order valence-corrected chi connectivity index (χ0v) is 45.3. The first kappa shape index (κ1) is 65.3. The van der Waals surface area contributed by atoms with Crippen molar-refractivity contribution in [1.82, 2.24) is 9.55 Å². The van der Waals surface area contributed by atoms with Gasteiger partial charge in [0.2, 0.25) is 0 Å². The van der Waals surface area contributed by atoms with Gasteiger partial charge in [-0.15, -0.1) is 0 Å². The molecule has 11 atom stereocenters. The SMILES string of the molecule is CCCCC/C=C\C/C=C\C/C=C\CCCCCCC(=O)OC[C@@H]1COP(=O)(O)OP(=O)(O)OC[C@H]2O[C@@H](n3ccc(N)nc3=O)[C@@H](CC=CCCCC(=O)O1)[C@@H](O)CC(=O)[C@H](C=C[C@@H](O)CCCCC)[C@H](O)[C@@H]2O. The lowest BCUT2D eigenvalue weighted by molar-refractivity contribution is -0.186. The molecule has 3 rings (SSSR count). The molecule has 8 N–H and O–H groups in total. The van der Waals surface area contributed by atoms with E-state index in [0.29, 0.717) is 19.3 Å². The first-order valence-electron chi connectivity index (χ1n) is 26.4. The van der Waals surface area contributed by atoms with Crippen LogP contribution in [0.2, 0.25) is 0 Å². The molecule has 75 heavy (non-hydrogen) atoms. The molecule has 1 fully saturated rings. The maximum atomic E-state index is 13.9. The Labute approximate surface area is 441 Å². The maximum absolute atomic E-state index is 13.9. The summed E-state index contributed by atoms with van der Waals surface area (Å²) in [4.78, 5) is 78.0. The number of allylic oxidation sites excluding steroid dienone is 8. The number of nitrogen functional groups attached to an aromatic ring is 1. The van der Waals surface area contributed by atoms with Gasteiger partial charge >= 0.3 is 33.3 Å². The lowest BCUT2D eigenvalue weighted by Crippen LogP contribution is -2.51. The summed E-state index contributed by atoms with van der Waals surface area (Å²) in [6.45, 7) is 1.40. The molecular weight excluding hydrogens is 1020 g/mol. The zero-order valence-electron chi connectivity index (χ0n) is 43.5. The van der Waals surface area contributed by atoms with E-state index >= 15 is 0 Å². The number of phosphoric acid groups is 2. The molecule has 0 aromatic carbocycles. The fourth-order valence-electron chi connectivity index (χ4n) is 8.19. The predicted octanol–water partition coefficient (Wildman–Crippen LogP) is 7.70. The first-order valence-corrected chi connectivity index (χ1v) is 29.4. The third-order valence-corrected chi connectivity index (χ3v) is 15.0. The van der Waals surface area contributed by atoms with Gasteiger partial charge in [0.1, 0.15) is 36.6 Å². The topological polar surface area (TPSA) is 323 Å². The Balaban J connectivity index is 1.75. The second-order valence-electron chi connectivity index (χ2n) is 18.8. The Morgan fingerprint density at radius 2 is 1.51 bits per heavy atom. The molecule has 0 saturated carbocycles. The van der Waals surface area contributed by atoms with Crippen molar-refractivity contribution in [3.63, 3.8) is 0 Å². The van der Waals surface area contributed by atoms with Crippen LogP contribution in [-0.4, -0.2) is 114 Å². The molecule has 2 aliphatic heterocycles. The van der Waals surface area contributed by atoms with Crippen LogP contribution in [0.3, 0.4) is 0 Å². The van der Waals surface area contributed by atoms with E-state index in [2.05, 4.69) is 52.7 Å². The fraction of sp³-hybridized carbons (Fsp3) is 0.673. The zero-order chi connectivity index (χ0) is 55.1. The van der Waals surface area contributed by atoms with Crippen LogP contribution in [0, 0.1) is 11.8 Å². The van der Waals surface area contributed by atoms with Gasteiger partial charge in [0.25, 0.3) is 0 Å². The van der Waals surface area contributed by atoms with Gasteiger partial charge in [-0.05, 0) is 76.7 Å². The molecule has 1 aromatic rings. The van der Waals surface area contributed by atoms with E-state index in [1.165, 1.54) is 37.5 Å². The second kappa shape index (κ2) is 36.2. The number of unbranched alkanes of at least 4 members (excludes halogenated alkanes) is 9. The van der Waals surface area contributed by atoms with Crippen LogP contribution in [0.4, 0.5) is 5.82 Å². The van der Waals surface area contributed by atoms with Crippen LogP contribution in [0.1, 0.15) is 155 Å². The highest BCUT2D eigenvalue weighted by molar-refractivity contribution is 7.61. The van der Waals surface area contributed by atoms with Crippen LogP contribution in [0.15, 0.2) is 77.8 Å². The number of carbonyl (C=O) groups excluding carboxylic acids is 3. The van der Waals surface area contributed by atoms with Gasteiger partial charge in [-0.25, -0.2) is 13.9 Å². The van der Waals surface area contributed by atoms with Gasteiger partial charge in [-0.1, -0.05) is 120 Å². The molecule has 21 nitrogen and oxygen atoms in total. The van der Waals surface area contributed by atoms with E-state index in [-0.39, 0.29) is 37.9 Å². The number of rotatable bonds is 24. The largest absolute Gasteiger partial charge is 0.481 e. The van der Waals surface area contributed by atoms with E-state index in [1.807, 2.05) is 6.92 Å². The van der Waals surface area contributed by atoms with E-state index in [0.717, 1.165) is 68.6 Å². The molecule has 2 bridgehead atoms. The normalized spacial score (nSPS) is 28.8. The number of ether oxygens (including phenoxy) is 3. The number of fused-ring (bicyclic) bond motifs is 3. The van der Waals surface area contributed by atoms with Crippen molar-refractivity contribution in [3.05, 3.63) is 83.5 Å². The molecule has 0 radical (unpaired) electrons. The van der Waals surface area contributed by atoms with Gasteiger partial charge in [-0.3, -0.25) is 28.0 Å². The van der Waals surface area contributed by atoms with Crippen LogP contribution >= 0.6 is 15.6 Å². The first-order chi connectivity index (χ1) is 35.9. The van der Waals surface area contributed by atoms with Crippen molar-refractivity contribution in [2.24, 2.45) is 11.8 Å². The maximum Gasteiger partial charge on any atom is 0.481 e. The number of anilines is 1. The van der Waals surface area contributed by atoms with Crippen molar-refractivity contribution in [1.29, 1.82) is 0 Å². The Morgan fingerprint density at radius 3 is 2.19 bits per heavy atom. The molecule has 0 aliphatic carbocycles. The van der Waals surface area contributed by atoms with E-state index in [1.54, 1.807) is 12.2 Å². The Kier molecular flexibility index (Phi) is 31.5. The van der Waals surface area contributed by atoms with Crippen molar-refractivity contribution >= 4 is 39.2 Å². The number of phosphoric ester groups is 2. The number of aliphatic hydroxyl groups excluding tert-OH is 4. The summed E-state index contributed by atoms with van der Waals surface area (Å²) in [7, 11) is -11.3. The highest BCUT2D eigenvalue weighted by Crippen LogP contribution is 2.60. The summed E-state index contributed by atoms with van der Waals surface area (Å²) in [6, 6.07) is 1.22. The van der Waals surface area contributed by atoms with Gasteiger partial charge < -0.3 is 50.2 Å². The number of aromatic nitrogens is 2. The predicted molar refractivity (Wildman–Crippen MR) is 280 cm³/mol. The molecule has 0 spiro atoms. The van der Waals surface area contributed by atoms with E-state index < -0.39 is 120 Å². The summed E-state index contributed by atoms with van der Waals surface area (Å²) in [6.07, 6.45) is 20.6. The number of esters is 2. The summed E-state index contributed by atoms with van der Waals surface area (Å²) < 4.78 is 58.8. The van der Waals surface area contributed by atoms with Gasteiger partial charge in [0.05, 0.1) is 37.4 Å². The monoisotopic (exact) mass is 1100 g/mol. The number of Topliss-reactive ketones (excluding diaryl/α,β-unsaturated/α-hetero) is 1. The minimum Gasteiger partial charge on any atom is -0.462 e. The van der Waals surface area contributed by atoms with Gasteiger partial charge in [0, 0.05) is 31.4 Å². The summed E-state index contributed by atoms with van der Waals surface area (Å²) in [5, 5.41) is 45.7. The third kappa shape index (κ3) is 26.8. The lowest BCUT2D eigenvalue weighted by atomic mass is 9.83. The Morgan fingerprint density at radius 1 is 0.867 bits per heavy atom. The molecule has 0 amide bonds. The number of carbonyl (C=O) groups is 3. The highest BCUT2D eigenvalue weighted by atomic mass is 31.3. The number of ketones is 1. The number of cyclic esters (lactones) is 1. The molecule has 2 unspecified atom stereocenters. The van der Waals surface area contributed by atoms with E-state index in [4.69, 9.17) is 29.0 Å².